The number of carbonyl (C=O) groups is 2. The van der Waals surface area contributed by atoms with Gasteiger partial charge in [0.2, 0.25) is 0 Å². The lowest BCUT2D eigenvalue weighted by Crippen LogP contribution is -2.39. The number of amides is 2. The molecule has 26 heavy (non-hydrogen) atoms. The van der Waals surface area contributed by atoms with Crippen molar-refractivity contribution in [2.75, 3.05) is 18.4 Å². The molecule has 1 unspecified atom stereocenters. The highest BCUT2D eigenvalue weighted by Gasteiger charge is 2.23. The maximum absolute atomic E-state index is 13.2. The number of aromatic nitrogens is 1. The van der Waals surface area contributed by atoms with Crippen LogP contribution in [0.1, 0.15) is 40.6 Å². The Hall–Kier alpha value is -2.47. The van der Waals surface area contributed by atoms with Crippen LogP contribution >= 0.6 is 11.6 Å². The average molecular weight is 376 g/mol. The van der Waals surface area contributed by atoms with Crippen LogP contribution in [0.25, 0.3) is 0 Å². The lowest BCUT2D eigenvalue weighted by atomic mass is 10.00. The Morgan fingerprint density at radius 1 is 1.31 bits per heavy atom. The van der Waals surface area contributed by atoms with Crippen molar-refractivity contribution in [2.24, 2.45) is 5.92 Å². The predicted molar refractivity (Wildman–Crippen MR) is 97.9 cm³/mol. The van der Waals surface area contributed by atoms with Crippen LogP contribution in [0.15, 0.2) is 36.5 Å². The fourth-order valence-electron chi connectivity index (χ4n) is 3.00. The highest BCUT2D eigenvalue weighted by atomic mass is 35.5. The van der Waals surface area contributed by atoms with Crippen molar-refractivity contribution in [3.8, 4) is 0 Å². The molecule has 1 N–H and O–H groups in total. The van der Waals surface area contributed by atoms with Crippen molar-refractivity contribution in [3.63, 3.8) is 0 Å². The standard InChI is InChI=1S/C19H19ClFN3O2/c1-12-3-2-8-24(11-12)19(26)17-9-13(6-7-22-17)18(25)23-14-4-5-16(21)15(20)10-14/h4-7,9-10,12H,2-3,8,11H2,1H3,(H,23,25). The molecule has 1 atom stereocenters. The van der Waals surface area contributed by atoms with Gasteiger partial charge in [-0.05, 0) is 49.1 Å². The number of nitrogens with one attached hydrogen (secondary N) is 1. The summed E-state index contributed by atoms with van der Waals surface area (Å²) < 4.78 is 13.2. The lowest BCUT2D eigenvalue weighted by molar-refractivity contribution is 0.0677. The Bertz CT molecular complexity index is 843. The molecule has 2 heterocycles. The predicted octanol–water partition coefficient (Wildman–Crippen LogP) is 4.00. The maximum atomic E-state index is 13.2. The summed E-state index contributed by atoms with van der Waals surface area (Å²) in [6.07, 6.45) is 3.52. The number of hydrogen-bond donors (Lipinski definition) is 1. The molecule has 5 nitrogen and oxygen atoms in total. The molecule has 1 aliphatic rings. The molecule has 7 heteroatoms. The maximum Gasteiger partial charge on any atom is 0.272 e. The van der Waals surface area contributed by atoms with Crippen molar-refractivity contribution in [1.29, 1.82) is 0 Å². The molecule has 1 aromatic carbocycles. The summed E-state index contributed by atoms with van der Waals surface area (Å²) in [6, 6.07) is 6.92. The van der Waals surface area contributed by atoms with E-state index in [1.165, 1.54) is 36.5 Å². The van der Waals surface area contributed by atoms with Crippen LogP contribution in [0.4, 0.5) is 10.1 Å². The zero-order valence-electron chi connectivity index (χ0n) is 14.3. The third-order valence-electron chi connectivity index (χ3n) is 4.36. The van der Waals surface area contributed by atoms with Crippen molar-refractivity contribution < 1.29 is 14.0 Å². The van der Waals surface area contributed by atoms with Gasteiger partial charge in [-0.15, -0.1) is 0 Å². The van der Waals surface area contributed by atoms with Gasteiger partial charge < -0.3 is 10.2 Å². The molecule has 1 fully saturated rings. The number of nitrogens with zero attached hydrogens (tertiary/aromatic N) is 2. The summed E-state index contributed by atoms with van der Waals surface area (Å²) in [4.78, 5) is 30.9. The topological polar surface area (TPSA) is 62.3 Å². The van der Waals surface area contributed by atoms with Gasteiger partial charge in [0, 0.05) is 30.5 Å². The number of hydrogen-bond acceptors (Lipinski definition) is 3. The third kappa shape index (κ3) is 4.19. The number of anilines is 1. The van der Waals surface area contributed by atoms with E-state index in [-0.39, 0.29) is 16.6 Å². The number of benzene rings is 1. The third-order valence-corrected chi connectivity index (χ3v) is 4.65. The summed E-state index contributed by atoms with van der Waals surface area (Å²) in [5, 5.41) is 2.56. The molecule has 2 amide bonds. The fraction of sp³-hybridized carbons (Fsp3) is 0.316. The fourth-order valence-corrected chi connectivity index (χ4v) is 3.18. The molecule has 1 aromatic heterocycles. The molecule has 0 saturated carbocycles. The molecule has 3 rings (SSSR count). The van der Waals surface area contributed by atoms with Gasteiger partial charge in [0.25, 0.3) is 11.8 Å². The van der Waals surface area contributed by atoms with E-state index in [2.05, 4.69) is 17.2 Å². The van der Waals surface area contributed by atoms with Crippen LogP contribution in [0, 0.1) is 11.7 Å². The zero-order valence-corrected chi connectivity index (χ0v) is 15.1. The van der Waals surface area contributed by atoms with Gasteiger partial charge in [-0.25, -0.2) is 4.39 Å². The number of pyridine rings is 1. The highest BCUT2D eigenvalue weighted by Crippen LogP contribution is 2.21. The summed E-state index contributed by atoms with van der Waals surface area (Å²) in [5.41, 5.74) is 0.911. The zero-order chi connectivity index (χ0) is 18.7. The molecule has 1 saturated heterocycles. The van der Waals surface area contributed by atoms with Crippen LogP contribution in [0.2, 0.25) is 5.02 Å². The van der Waals surface area contributed by atoms with Crippen molar-refractivity contribution in [2.45, 2.75) is 19.8 Å². The van der Waals surface area contributed by atoms with E-state index in [9.17, 15) is 14.0 Å². The molecule has 0 spiro atoms. The normalized spacial score (nSPS) is 17.0. The minimum absolute atomic E-state index is 0.0763. The van der Waals surface area contributed by atoms with Crippen molar-refractivity contribution >= 4 is 29.1 Å². The first-order valence-corrected chi connectivity index (χ1v) is 8.83. The molecule has 0 aliphatic carbocycles. The number of rotatable bonds is 3. The SMILES string of the molecule is CC1CCCN(C(=O)c2cc(C(=O)Nc3ccc(F)c(Cl)c3)ccn2)C1. The molecular formula is C19H19ClFN3O2. The number of halogens is 2. The molecule has 0 radical (unpaired) electrons. The number of likely N-dealkylation sites (tertiary alicyclic amines) is 1. The average Bonchev–Trinajstić information content (AvgIpc) is 2.64. The van der Waals surface area contributed by atoms with Crippen molar-refractivity contribution in [1.82, 2.24) is 9.88 Å². The van der Waals surface area contributed by atoms with Crippen LogP contribution in [0.5, 0.6) is 0 Å². The molecule has 1 aliphatic heterocycles. The Morgan fingerprint density at radius 3 is 2.85 bits per heavy atom. The molecule has 136 valence electrons. The van der Waals surface area contributed by atoms with Crippen LogP contribution in [-0.2, 0) is 0 Å². The van der Waals surface area contributed by atoms with Gasteiger partial charge in [-0.1, -0.05) is 18.5 Å². The van der Waals surface area contributed by atoms with Crippen LogP contribution in [-0.4, -0.2) is 34.8 Å². The van der Waals surface area contributed by atoms with Gasteiger partial charge in [-0.2, -0.15) is 0 Å². The highest BCUT2D eigenvalue weighted by molar-refractivity contribution is 6.31. The van der Waals surface area contributed by atoms with Gasteiger partial charge in [-0.3, -0.25) is 14.6 Å². The largest absolute Gasteiger partial charge is 0.337 e. The summed E-state index contributed by atoms with van der Waals surface area (Å²) >= 11 is 5.72. The smallest absolute Gasteiger partial charge is 0.272 e. The van der Waals surface area contributed by atoms with E-state index in [1.807, 2.05) is 0 Å². The molecule has 0 bridgehead atoms. The van der Waals surface area contributed by atoms with E-state index in [0.717, 1.165) is 12.8 Å². The Balaban J connectivity index is 1.74. The van der Waals surface area contributed by atoms with E-state index < -0.39 is 11.7 Å². The van der Waals surface area contributed by atoms with Gasteiger partial charge in [0.05, 0.1) is 5.02 Å². The first-order chi connectivity index (χ1) is 12.4. The summed E-state index contributed by atoms with van der Waals surface area (Å²) in [5.74, 6) is -0.688. The molecule has 2 aromatic rings. The Kier molecular flexibility index (Phi) is 5.52. The number of piperidine rings is 1. The second-order valence-corrected chi connectivity index (χ2v) is 6.92. The van der Waals surface area contributed by atoms with E-state index in [0.29, 0.717) is 30.3 Å². The first kappa shape index (κ1) is 18.3. The van der Waals surface area contributed by atoms with Gasteiger partial charge in [0.15, 0.2) is 0 Å². The lowest BCUT2D eigenvalue weighted by Gasteiger charge is -2.30. The monoisotopic (exact) mass is 375 g/mol. The second-order valence-electron chi connectivity index (χ2n) is 6.51. The minimum atomic E-state index is -0.558. The second kappa shape index (κ2) is 7.83. The van der Waals surface area contributed by atoms with Crippen LogP contribution in [0.3, 0.4) is 0 Å². The number of carbonyl (C=O) groups excluding carboxylic acids is 2. The van der Waals surface area contributed by atoms with Crippen LogP contribution < -0.4 is 5.32 Å². The minimum Gasteiger partial charge on any atom is -0.337 e. The Labute approximate surface area is 156 Å². The van der Waals surface area contributed by atoms with E-state index in [1.54, 1.807) is 4.90 Å². The molecular weight excluding hydrogens is 357 g/mol. The first-order valence-electron chi connectivity index (χ1n) is 8.46. The summed E-state index contributed by atoms with van der Waals surface area (Å²) in [6.45, 7) is 3.52. The van der Waals surface area contributed by atoms with Gasteiger partial charge >= 0.3 is 0 Å². The summed E-state index contributed by atoms with van der Waals surface area (Å²) in [7, 11) is 0. The Morgan fingerprint density at radius 2 is 2.12 bits per heavy atom. The van der Waals surface area contributed by atoms with E-state index in [4.69, 9.17) is 11.6 Å². The quantitative estimate of drug-likeness (QED) is 0.882. The van der Waals surface area contributed by atoms with Gasteiger partial charge in [0.1, 0.15) is 11.5 Å². The van der Waals surface area contributed by atoms with E-state index >= 15 is 0 Å². The van der Waals surface area contributed by atoms with Crippen molar-refractivity contribution in [3.05, 3.63) is 58.6 Å².